The molecule has 118 valence electrons. The molecule has 0 saturated carbocycles. The molecule has 5 nitrogen and oxygen atoms in total. The van der Waals surface area contributed by atoms with E-state index in [2.05, 4.69) is 12.6 Å². The van der Waals surface area contributed by atoms with Gasteiger partial charge in [-0.05, 0) is 29.5 Å². The van der Waals surface area contributed by atoms with E-state index in [1.165, 1.54) is 13.2 Å². The lowest BCUT2D eigenvalue weighted by atomic mass is 9.80. The maximum Gasteiger partial charge on any atom is 0.315 e. The number of carbonyl (C=O) groups is 1. The van der Waals surface area contributed by atoms with Gasteiger partial charge in [0.05, 0.1) is 25.6 Å². The second-order valence-corrected chi connectivity index (χ2v) is 5.77. The van der Waals surface area contributed by atoms with Crippen LogP contribution in [0.25, 0.3) is 0 Å². The van der Waals surface area contributed by atoms with Crippen LogP contribution >= 0.6 is 12.6 Å². The number of methoxy groups -OCH3 is 1. The molecule has 1 aromatic carbocycles. The molecule has 0 saturated heterocycles. The van der Waals surface area contributed by atoms with Gasteiger partial charge in [0, 0.05) is 0 Å². The third-order valence-electron chi connectivity index (χ3n) is 3.40. The highest BCUT2D eigenvalue weighted by Crippen LogP contribution is 2.39. The van der Waals surface area contributed by atoms with Crippen molar-refractivity contribution in [2.75, 3.05) is 19.5 Å². The van der Waals surface area contributed by atoms with Gasteiger partial charge < -0.3 is 19.7 Å². The molecule has 0 aromatic heterocycles. The number of aromatic hydroxyl groups is 1. The number of aliphatic hydroxyl groups excluding tert-OH is 1. The number of esters is 1. The van der Waals surface area contributed by atoms with Crippen LogP contribution in [0.5, 0.6) is 11.5 Å². The Bertz CT molecular complexity index is 487. The van der Waals surface area contributed by atoms with Crippen LogP contribution in [0.2, 0.25) is 0 Å². The van der Waals surface area contributed by atoms with E-state index >= 15 is 0 Å². The summed E-state index contributed by atoms with van der Waals surface area (Å²) in [5.74, 6) is -0.0152. The molecule has 0 aliphatic rings. The van der Waals surface area contributed by atoms with Crippen molar-refractivity contribution in [3.8, 4) is 11.5 Å². The highest BCUT2D eigenvalue weighted by Gasteiger charge is 2.29. The zero-order valence-electron chi connectivity index (χ0n) is 12.5. The van der Waals surface area contributed by atoms with Crippen LogP contribution in [-0.2, 0) is 9.53 Å². The maximum absolute atomic E-state index is 11.0. The summed E-state index contributed by atoms with van der Waals surface area (Å²) in [5, 5.41) is 20.2. The predicted molar refractivity (Wildman–Crippen MR) is 82.8 cm³/mol. The summed E-state index contributed by atoms with van der Waals surface area (Å²) in [7, 11) is 1.46. The van der Waals surface area contributed by atoms with E-state index in [0.29, 0.717) is 17.7 Å². The minimum absolute atomic E-state index is 0.0219. The highest BCUT2D eigenvalue weighted by atomic mass is 32.1. The fourth-order valence-electron chi connectivity index (χ4n) is 1.94. The Morgan fingerprint density at radius 1 is 1.43 bits per heavy atom. The van der Waals surface area contributed by atoms with E-state index in [1.54, 1.807) is 12.1 Å². The van der Waals surface area contributed by atoms with Gasteiger partial charge in [-0.2, -0.15) is 12.6 Å². The summed E-state index contributed by atoms with van der Waals surface area (Å²) in [4.78, 5) is 11.0. The number of benzene rings is 1. The Morgan fingerprint density at radius 2 is 2.10 bits per heavy atom. The lowest BCUT2D eigenvalue weighted by Gasteiger charge is -2.30. The summed E-state index contributed by atoms with van der Waals surface area (Å²) >= 11 is 3.83. The third kappa shape index (κ3) is 4.82. The number of aliphatic hydroxyl groups is 1. The molecule has 0 aliphatic heterocycles. The van der Waals surface area contributed by atoms with Gasteiger partial charge in [-0.3, -0.25) is 4.79 Å². The van der Waals surface area contributed by atoms with Crippen molar-refractivity contribution in [1.82, 2.24) is 0 Å². The van der Waals surface area contributed by atoms with Crippen molar-refractivity contribution in [2.24, 2.45) is 5.41 Å². The molecule has 2 N–H and O–H groups in total. The van der Waals surface area contributed by atoms with Crippen molar-refractivity contribution in [2.45, 2.75) is 26.4 Å². The molecular weight excluding hydrogens is 292 g/mol. The molecule has 0 fully saturated rings. The highest BCUT2D eigenvalue weighted by molar-refractivity contribution is 7.81. The van der Waals surface area contributed by atoms with Crippen LogP contribution in [0.1, 0.15) is 31.9 Å². The van der Waals surface area contributed by atoms with Crippen LogP contribution in [0.3, 0.4) is 0 Å². The summed E-state index contributed by atoms with van der Waals surface area (Å²) < 4.78 is 9.95. The molecule has 0 spiro atoms. The van der Waals surface area contributed by atoms with E-state index in [4.69, 9.17) is 9.47 Å². The average Bonchev–Trinajstić information content (AvgIpc) is 2.45. The minimum Gasteiger partial charge on any atom is -0.504 e. The first kappa shape index (κ1) is 17.7. The van der Waals surface area contributed by atoms with E-state index in [0.717, 1.165) is 0 Å². The van der Waals surface area contributed by atoms with Gasteiger partial charge in [-0.15, -0.1) is 0 Å². The van der Waals surface area contributed by atoms with Crippen molar-refractivity contribution in [1.29, 1.82) is 0 Å². The van der Waals surface area contributed by atoms with Gasteiger partial charge in [-0.25, -0.2) is 0 Å². The summed E-state index contributed by atoms with van der Waals surface area (Å²) in [6.45, 7) is 3.95. The molecule has 0 radical (unpaired) electrons. The number of hydrogen-bond donors (Lipinski definition) is 3. The number of phenols is 1. The van der Waals surface area contributed by atoms with Gasteiger partial charge in [0.25, 0.3) is 0 Å². The fraction of sp³-hybridized carbons (Fsp3) is 0.533. The minimum atomic E-state index is -0.802. The molecule has 0 amide bonds. The first-order valence-electron chi connectivity index (χ1n) is 6.63. The van der Waals surface area contributed by atoms with Crippen LogP contribution in [0, 0.1) is 5.41 Å². The second-order valence-electron chi connectivity index (χ2n) is 5.45. The Kier molecular flexibility index (Phi) is 6.36. The van der Waals surface area contributed by atoms with Crippen LogP contribution in [-0.4, -0.2) is 35.7 Å². The van der Waals surface area contributed by atoms with E-state index in [9.17, 15) is 15.0 Å². The number of carbonyl (C=O) groups excluding carboxylic acids is 1. The van der Waals surface area contributed by atoms with Gasteiger partial charge in [-0.1, -0.05) is 19.9 Å². The first-order chi connectivity index (χ1) is 9.81. The number of thiol groups is 1. The summed E-state index contributed by atoms with van der Waals surface area (Å²) in [5.41, 5.74) is 0.0663. The van der Waals surface area contributed by atoms with Crippen molar-refractivity contribution in [3.63, 3.8) is 0 Å². The third-order valence-corrected chi connectivity index (χ3v) is 3.66. The second kappa shape index (κ2) is 7.56. The summed E-state index contributed by atoms with van der Waals surface area (Å²) in [6.07, 6.45) is -0.315. The van der Waals surface area contributed by atoms with E-state index < -0.39 is 11.5 Å². The molecule has 1 aromatic rings. The largest absolute Gasteiger partial charge is 0.504 e. The molecule has 21 heavy (non-hydrogen) atoms. The number of rotatable bonds is 7. The SMILES string of the molecule is COc1ccc([C@@H](O)C(C)(C)CCOC(=O)CS)cc1O. The maximum atomic E-state index is 11.0. The van der Waals surface area contributed by atoms with Crippen LogP contribution in [0.4, 0.5) is 0 Å². The molecule has 0 bridgehead atoms. The smallest absolute Gasteiger partial charge is 0.315 e. The van der Waals surface area contributed by atoms with Gasteiger partial charge in [0.2, 0.25) is 0 Å². The Labute approximate surface area is 130 Å². The lowest BCUT2D eigenvalue weighted by Crippen LogP contribution is -2.24. The summed E-state index contributed by atoms with van der Waals surface area (Å²) in [6, 6.07) is 4.78. The molecule has 0 aliphatic carbocycles. The molecule has 1 atom stereocenters. The number of phenolic OH excluding ortho intramolecular Hbond substituents is 1. The lowest BCUT2D eigenvalue weighted by molar-refractivity contribution is -0.141. The Morgan fingerprint density at radius 3 is 2.62 bits per heavy atom. The fourth-order valence-corrected chi connectivity index (χ4v) is 2.03. The quantitative estimate of drug-likeness (QED) is 0.532. The van der Waals surface area contributed by atoms with Crippen molar-refractivity contribution >= 4 is 18.6 Å². The van der Waals surface area contributed by atoms with Crippen LogP contribution < -0.4 is 4.74 Å². The predicted octanol–water partition coefficient (Wildman–Crippen LogP) is 2.32. The van der Waals surface area contributed by atoms with Crippen LogP contribution in [0.15, 0.2) is 18.2 Å². The van der Waals surface area contributed by atoms with E-state index in [1.807, 2.05) is 13.8 Å². The molecule has 1 rings (SSSR count). The molecule has 0 unspecified atom stereocenters. The molecule has 6 heteroatoms. The Balaban J connectivity index is 2.73. The molecular formula is C15H22O5S. The monoisotopic (exact) mass is 314 g/mol. The Hall–Kier alpha value is -1.40. The van der Waals surface area contributed by atoms with Gasteiger partial charge in [0.15, 0.2) is 11.5 Å². The zero-order chi connectivity index (χ0) is 16.0. The number of ether oxygens (including phenoxy) is 2. The topological polar surface area (TPSA) is 76.0 Å². The standard InChI is InChI=1S/C15H22O5S/c1-15(2,6-7-20-13(17)9-21)14(18)10-4-5-12(19-3)11(16)8-10/h4-5,8,14,16,18,21H,6-7,9H2,1-3H3/t14-/m1/s1. The van der Waals surface area contributed by atoms with Crippen molar-refractivity contribution < 1.29 is 24.5 Å². The molecule has 0 heterocycles. The first-order valence-corrected chi connectivity index (χ1v) is 7.26. The zero-order valence-corrected chi connectivity index (χ0v) is 13.4. The number of hydrogen-bond acceptors (Lipinski definition) is 6. The van der Waals surface area contributed by atoms with Gasteiger partial charge >= 0.3 is 5.97 Å². The van der Waals surface area contributed by atoms with Crippen molar-refractivity contribution in [3.05, 3.63) is 23.8 Å². The normalized spacial score (nSPS) is 12.8. The van der Waals surface area contributed by atoms with E-state index in [-0.39, 0.29) is 24.1 Å². The van der Waals surface area contributed by atoms with Gasteiger partial charge in [0.1, 0.15) is 0 Å². The average molecular weight is 314 g/mol.